The number of aryl methyl sites for hydroxylation is 1. The minimum absolute atomic E-state index is 0.148. The summed E-state index contributed by atoms with van der Waals surface area (Å²) < 4.78 is 7.90. The standard InChI is InChI=1S/C30H41N5O/c1-7-8-16-26-33-27-24(35(26)20-22-13-10-9-11-14-22)18-25(31-19-23-15-12-17-36-23)32-28(27)34-30(5,6)21-29(2,3)4/h9-15,17-18H,7-8,16,19-21H2,1-6H3,(H2,31,32,34). The third-order valence-electron chi connectivity index (χ3n) is 6.21. The van der Waals surface area contributed by atoms with Crippen LogP contribution in [0.5, 0.6) is 0 Å². The molecule has 0 atom stereocenters. The van der Waals surface area contributed by atoms with Gasteiger partial charge in [-0.15, -0.1) is 0 Å². The molecule has 0 amide bonds. The predicted octanol–water partition coefficient (Wildman–Crippen LogP) is 7.65. The number of nitrogens with one attached hydrogen (secondary N) is 2. The second-order valence-electron chi connectivity index (χ2n) is 11.6. The lowest BCUT2D eigenvalue weighted by Gasteiger charge is -2.34. The average Bonchev–Trinajstić information content (AvgIpc) is 3.44. The second-order valence-corrected chi connectivity index (χ2v) is 11.6. The molecule has 3 aromatic heterocycles. The van der Waals surface area contributed by atoms with Gasteiger partial charge in [0.25, 0.3) is 0 Å². The molecule has 0 bridgehead atoms. The van der Waals surface area contributed by atoms with Gasteiger partial charge in [-0.25, -0.2) is 9.97 Å². The quantitative estimate of drug-likeness (QED) is 0.227. The normalized spacial score (nSPS) is 12.3. The largest absolute Gasteiger partial charge is 0.467 e. The first-order valence-corrected chi connectivity index (χ1v) is 13.1. The number of pyridine rings is 1. The number of hydrogen-bond acceptors (Lipinski definition) is 5. The van der Waals surface area contributed by atoms with Crippen LogP contribution in [0.3, 0.4) is 0 Å². The highest BCUT2D eigenvalue weighted by atomic mass is 16.3. The molecular formula is C30H41N5O. The Morgan fingerprint density at radius 2 is 1.75 bits per heavy atom. The molecule has 4 rings (SSSR count). The molecule has 0 saturated heterocycles. The van der Waals surface area contributed by atoms with Crippen molar-refractivity contribution >= 4 is 22.7 Å². The molecule has 0 saturated carbocycles. The molecule has 1 aromatic carbocycles. The molecule has 0 aliphatic heterocycles. The van der Waals surface area contributed by atoms with Gasteiger partial charge in [-0.3, -0.25) is 0 Å². The van der Waals surface area contributed by atoms with E-state index in [1.54, 1.807) is 6.26 Å². The molecule has 0 spiro atoms. The molecule has 2 N–H and O–H groups in total. The summed E-state index contributed by atoms with van der Waals surface area (Å²) in [6, 6.07) is 16.6. The van der Waals surface area contributed by atoms with Gasteiger partial charge in [-0.1, -0.05) is 64.4 Å². The third-order valence-corrected chi connectivity index (χ3v) is 6.21. The molecule has 0 fully saturated rings. The summed E-state index contributed by atoms with van der Waals surface area (Å²) in [5.74, 6) is 3.62. The fourth-order valence-corrected chi connectivity index (χ4v) is 5.10. The van der Waals surface area contributed by atoms with Gasteiger partial charge in [0.1, 0.15) is 22.9 Å². The zero-order valence-electron chi connectivity index (χ0n) is 22.7. The Labute approximate surface area is 215 Å². The number of anilines is 2. The van der Waals surface area contributed by atoms with Crippen LogP contribution in [0.25, 0.3) is 11.0 Å². The molecule has 36 heavy (non-hydrogen) atoms. The van der Waals surface area contributed by atoms with Crippen molar-refractivity contribution in [2.45, 2.75) is 85.9 Å². The number of aromatic nitrogens is 3. The van der Waals surface area contributed by atoms with Crippen LogP contribution < -0.4 is 10.6 Å². The summed E-state index contributed by atoms with van der Waals surface area (Å²) in [5, 5.41) is 7.23. The number of benzene rings is 1. The number of rotatable bonds is 11. The van der Waals surface area contributed by atoms with Crippen LogP contribution in [0.1, 0.15) is 78.0 Å². The van der Waals surface area contributed by atoms with E-state index in [1.807, 2.05) is 12.1 Å². The van der Waals surface area contributed by atoms with Crippen molar-refractivity contribution in [2.24, 2.45) is 5.41 Å². The van der Waals surface area contributed by atoms with Gasteiger partial charge < -0.3 is 19.6 Å². The Kier molecular flexibility index (Phi) is 7.72. The number of furan rings is 1. The molecule has 3 heterocycles. The summed E-state index contributed by atoms with van der Waals surface area (Å²) in [6.45, 7) is 14.9. The third kappa shape index (κ3) is 6.68. The molecule has 6 heteroatoms. The van der Waals surface area contributed by atoms with Gasteiger partial charge in [-0.05, 0) is 49.8 Å². The van der Waals surface area contributed by atoms with E-state index in [9.17, 15) is 0 Å². The Balaban J connectivity index is 1.79. The first-order chi connectivity index (χ1) is 17.1. The monoisotopic (exact) mass is 487 g/mol. The summed E-state index contributed by atoms with van der Waals surface area (Å²) >= 11 is 0. The fourth-order valence-electron chi connectivity index (χ4n) is 5.10. The van der Waals surface area contributed by atoms with Crippen LogP contribution in [0.4, 0.5) is 11.6 Å². The van der Waals surface area contributed by atoms with Crippen LogP contribution in [0.15, 0.2) is 59.2 Å². The van der Waals surface area contributed by atoms with E-state index in [4.69, 9.17) is 14.4 Å². The van der Waals surface area contributed by atoms with Crippen molar-refractivity contribution in [1.82, 2.24) is 14.5 Å². The number of hydrogen-bond donors (Lipinski definition) is 2. The molecule has 192 valence electrons. The van der Waals surface area contributed by atoms with Crippen LogP contribution >= 0.6 is 0 Å². The number of imidazole rings is 1. The van der Waals surface area contributed by atoms with E-state index in [1.165, 1.54) is 5.56 Å². The average molecular weight is 488 g/mol. The van der Waals surface area contributed by atoms with E-state index >= 15 is 0 Å². The summed E-state index contributed by atoms with van der Waals surface area (Å²) in [6.07, 6.45) is 5.88. The summed E-state index contributed by atoms with van der Waals surface area (Å²) in [5.41, 5.74) is 3.33. The zero-order chi connectivity index (χ0) is 25.8. The first kappa shape index (κ1) is 25.8. The maximum atomic E-state index is 5.54. The van der Waals surface area contributed by atoms with Crippen molar-refractivity contribution in [2.75, 3.05) is 10.6 Å². The molecule has 0 radical (unpaired) electrons. The second kappa shape index (κ2) is 10.8. The Hall–Kier alpha value is -3.28. The lowest BCUT2D eigenvalue weighted by molar-refractivity contribution is 0.302. The molecular weight excluding hydrogens is 446 g/mol. The summed E-state index contributed by atoms with van der Waals surface area (Å²) in [4.78, 5) is 10.2. The molecule has 0 unspecified atom stereocenters. The highest BCUT2D eigenvalue weighted by molar-refractivity contribution is 5.89. The van der Waals surface area contributed by atoms with Crippen LogP contribution in [0, 0.1) is 5.41 Å². The van der Waals surface area contributed by atoms with Gasteiger partial charge in [0.2, 0.25) is 0 Å². The fraction of sp³-hybridized carbons (Fsp3) is 0.467. The Morgan fingerprint density at radius 1 is 0.972 bits per heavy atom. The van der Waals surface area contributed by atoms with Gasteiger partial charge in [0.15, 0.2) is 5.82 Å². The minimum Gasteiger partial charge on any atom is -0.467 e. The van der Waals surface area contributed by atoms with E-state index in [-0.39, 0.29) is 11.0 Å². The summed E-state index contributed by atoms with van der Waals surface area (Å²) in [7, 11) is 0. The lowest BCUT2D eigenvalue weighted by atomic mass is 9.82. The van der Waals surface area contributed by atoms with Crippen LogP contribution in [0.2, 0.25) is 0 Å². The van der Waals surface area contributed by atoms with Crippen molar-refractivity contribution in [1.29, 1.82) is 0 Å². The number of nitrogens with zero attached hydrogens (tertiary/aromatic N) is 3. The first-order valence-electron chi connectivity index (χ1n) is 13.1. The smallest absolute Gasteiger partial charge is 0.157 e. The Morgan fingerprint density at radius 3 is 2.42 bits per heavy atom. The highest BCUT2D eigenvalue weighted by Gasteiger charge is 2.27. The zero-order valence-corrected chi connectivity index (χ0v) is 22.7. The van der Waals surface area contributed by atoms with Crippen molar-refractivity contribution < 1.29 is 4.42 Å². The molecule has 4 aromatic rings. The van der Waals surface area contributed by atoms with Gasteiger partial charge in [0, 0.05) is 24.6 Å². The molecule has 6 nitrogen and oxygen atoms in total. The SMILES string of the molecule is CCCCc1nc2c(NC(C)(C)CC(C)(C)C)nc(NCc3ccco3)cc2n1Cc1ccccc1. The van der Waals surface area contributed by atoms with E-state index in [0.29, 0.717) is 6.54 Å². The van der Waals surface area contributed by atoms with E-state index in [0.717, 1.165) is 66.5 Å². The van der Waals surface area contributed by atoms with E-state index in [2.05, 4.69) is 93.1 Å². The minimum atomic E-state index is -0.148. The van der Waals surface area contributed by atoms with Crippen molar-refractivity contribution in [3.8, 4) is 0 Å². The molecule has 0 aliphatic rings. The van der Waals surface area contributed by atoms with Gasteiger partial charge >= 0.3 is 0 Å². The maximum absolute atomic E-state index is 5.54. The van der Waals surface area contributed by atoms with Crippen LogP contribution in [-0.4, -0.2) is 20.1 Å². The highest BCUT2D eigenvalue weighted by Crippen LogP contribution is 2.33. The lowest BCUT2D eigenvalue weighted by Crippen LogP contribution is -2.35. The van der Waals surface area contributed by atoms with Crippen LogP contribution in [-0.2, 0) is 19.5 Å². The predicted molar refractivity (Wildman–Crippen MR) is 149 cm³/mol. The van der Waals surface area contributed by atoms with E-state index < -0.39 is 0 Å². The number of unbranched alkanes of at least 4 members (excludes halogenated alkanes) is 1. The topological polar surface area (TPSA) is 67.9 Å². The van der Waals surface area contributed by atoms with Gasteiger partial charge in [-0.2, -0.15) is 0 Å². The number of fused-ring (bicyclic) bond motifs is 1. The van der Waals surface area contributed by atoms with Crippen molar-refractivity contribution in [3.05, 3.63) is 71.9 Å². The molecule has 0 aliphatic carbocycles. The van der Waals surface area contributed by atoms with Gasteiger partial charge in [0.05, 0.1) is 18.3 Å². The van der Waals surface area contributed by atoms with Crippen molar-refractivity contribution in [3.63, 3.8) is 0 Å². The maximum Gasteiger partial charge on any atom is 0.157 e. The Bertz CT molecular complexity index is 1250.